The molecular weight excluding hydrogens is 373 g/mol. The largest absolute Gasteiger partial charge is 0.416 e. The molecule has 0 saturated carbocycles. The molecule has 2 nitrogen and oxygen atoms in total. The third-order valence-corrected chi connectivity index (χ3v) is 6.03. The van der Waals surface area contributed by atoms with Crippen LogP contribution in [-0.2, 0) is 19.1 Å². The number of allylic oxidation sites excluding steroid dienone is 2. The normalized spacial score (nSPS) is 19.7. The van der Waals surface area contributed by atoms with Crippen molar-refractivity contribution >= 4 is 6.08 Å². The van der Waals surface area contributed by atoms with Gasteiger partial charge in [-0.25, -0.2) is 0 Å². The van der Waals surface area contributed by atoms with Crippen molar-refractivity contribution < 1.29 is 13.2 Å². The van der Waals surface area contributed by atoms with Gasteiger partial charge in [-0.3, -0.25) is 4.90 Å². The molecule has 5 heteroatoms. The third-order valence-electron chi connectivity index (χ3n) is 6.03. The van der Waals surface area contributed by atoms with Gasteiger partial charge in [0.25, 0.3) is 0 Å². The SMILES string of the molecule is C=C1CCN(Cc2ccccc2C(F)(F)F)C/C1=C(/C)C1=Cc2cc[nH]c2CC1. The molecule has 2 aliphatic rings. The van der Waals surface area contributed by atoms with E-state index in [1.54, 1.807) is 12.1 Å². The van der Waals surface area contributed by atoms with Crippen molar-refractivity contribution in [1.29, 1.82) is 0 Å². The lowest BCUT2D eigenvalue weighted by molar-refractivity contribution is -0.138. The van der Waals surface area contributed by atoms with Crippen molar-refractivity contribution in [1.82, 2.24) is 9.88 Å². The van der Waals surface area contributed by atoms with E-state index in [-0.39, 0.29) is 0 Å². The maximum absolute atomic E-state index is 13.4. The Kier molecular flexibility index (Phi) is 5.26. The van der Waals surface area contributed by atoms with E-state index < -0.39 is 11.7 Å². The Labute approximate surface area is 169 Å². The first kappa shape index (κ1) is 19.8. The van der Waals surface area contributed by atoms with Crippen LogP contribution in [0, 0.1) is 0 Å². The first-order valence-electron chi connectivity index (χ1n) is 9.95. The predicted octanol–water partition coefficient (Wildman–Crippen LogP) is 6.14. The van der Waals surface area contributed by atoms with Crippen LogP contribution < -0.4 is 0 Å². The first-order valence-corrected chi connectivity index (χ1v) is 9.95. The number of likely N-dealkylation sites (tertiary alicyclic amines) is 1. The Bertz CT molecular complexity index is 992. The van der Waals surface area contributed by atoms with Crippen molar-refractivity contribution in [2.45, 2.75) is 38.9 Å². The van der Waals surface area contributed by atoms with Gasteiger partial charge < -0.3 is 4.98 Å². The number of rotatable bonds is 3. The highest BCUT2D eigenvalue weighted by Crippen LogP contribution is 2.35. The lowest BCUT2D eigenvalue weighted by atomic mass is 9.86. The Morgan fingerprint density at radius 3 is 2.72 bits per heavy atom. The fraction of sp³-hybridized carbons (Fsp3) is 0.333. The fourth-order valence-corrected chi connectivity index (χ4v) is 4.33. The number of alkyl halides is 3. The van der Waals surface area contributed by atoms with E-state index in [1.165, 1.54) is 40.1 Å². The number of nitrogens with one attached hydrogen (secondary N) is 1. The van der Waals surface area contributed by atoms with Gasteiger partial charge in [-0.1, -0.05) is 24.8 Å². The molecule has 1 aromatic carbocycles. The Hall–Kier alpha value is -2.53. The van der Waals surface area contributed by atoms with Crippen molar-refractivity contribution in [3.63, 3.8) is 0 Å². The minimum absolute atomic E-state index is 0.292. The zero-order valence-corrected chi connectivity index (χ0v) is 16.6. The van der Waals surface area contributed by atoms with Gasteiger partial charge in [-0.2, -0.15) is 13.2 Å². The summed E-state index contributed by atoms with van der Waals surface area (Å²) in [6.07, 6.45) is 2.59. The van der Waals surface area contributed by atoms with Crippen LogP contribution in [-0.4, -0.2) is 23.0 Å². The van der Waals surface area contributed by atoms with Gasteiger partial charge in [0, 0.05) is 31.5 Å². The standard InChI is InChI=1S/C24H25F3N2/c1-16-10-12-29(14-20-5-3-4-6-22(20)24(25,26)27)15-21(16)17(2)18-7-8-23-19(13-18)9-11-28-23/h3-6,9,11,13,28H,1,7-8,10,12,14-15H2,2H3/b21-17+. The molecule has 0 atom stereocenters. The highest BCUT2D eigenvalue weighted by Gasteiger charge is 2.33. The molecule has 152 valence electrons. The van der Waals surface area contributed by atoms with Gasteiger partial charge >= 0.3 is 6.18 Å². The molecule has 1 aliphatic heterocycles. The van der Waals surface area contributed by atoms with Crippen LogP contribution in [0.15, 0.2) is 65.4 Å². The summed E-state index contributed by atoms with van der Waals surface area (Å²) in [4.78, 5) is 5.38. The molecular formula is C24H25F3N2. The lowest BCUT2D eigenvalue weighted by Gasteiger charge is -2.32. The summed E-state index contributed by atoms with van der Waals surface area (Å²) in [5.41, 5.74) is 7.07. The zero-order valence-electron chi connectivity index (χ0n) is 16.6. The Morgan fingerprint density at radius 1 is 1.14 bits per heavy atom. The van der Waals surface area contributed by atoms with Crippen LogP contribution in [0.4, 0.5) is 13.2 Å². The molecule has 0 amide bonds. The first-order chi connectivity index (χ1) is 13.8. The number of aryl methyl sites for hydroxylation is 1. The zero-order chi connectivity index (χ0) is 20.6. The van der Waals surface area contributed by atoms with E-state index in [4.69, 9.17) is 0 Å². The molecule has 1 aromatic heterocycles. The van der Waals surface area contributed by atoms with Crippen LogP contribution in [0.1, 0.15) is 42.1 Å². The molecule has 1 saturated heterocycles. The summed E-state index contributed by atoms with van der Waals surface area (Å²) in [6.45, 7) is 8.02. The van der Waals surface area contributed by atoms with E-state index in [1.807, 2.05) is 6.20 Å². The van der Waals surface area contributed by atoms with E-state index in [0.29, 0.717) is 18.7 Å². The summed E-state index contributed by atoms with van der Waals surface area (Å²) >= 11 is 0. The molecule has 0 unspecified atom stereocenters. The number of hydrogen-bond acceptors (Lipinski definition) is 1. The van der Waals surface area contributed by atoms with E-state index in [2.05, 4.69) is 35.5 Å². The van der Waals surface area contributed by atoms with Crippen molar-refractivity contribution in [2.75, 3.05) is 13.1 Å². The Morgan fingerprint density at radius 2 is 1.93 bits per heavy atom. The molecule has 0 spiro atoms. The molecule has 2 aromatic rings. The quantitative estimate of drug-likeness (QED) is 0.658. The minimum atomic E-state index is -4.33. The molecule has 4 rings (SSSR count). The average Bonchev–Trinajstić information content (AvgIpc) is 3.16. The van der Waals surface area contributed by atoms with Gasteiger partial charge in [-0.15, -0.1) is 0 Å². The number of benzene rings is 1. The van der Waals surface area contributed by atoms with Gasteiger partial charge in [0.2, 0.25) is 0 Å². The minimum Gasteiger partial charge on any atom is -0.364 e. The molecule has 1 fully saturated rings. The highest BCUT2D eigenvalue weighted by molar-refractivity contribution is 5.64. The van der Waals surface area contributed by atoms with Crippen molar-refractivity contribution in [3.8, 4) is 0 Å². The van der Waals surface area contributed by atoms with Crippen LogP contribution in [0.25, 0.3) is 6.08 Å². The number of nitrogens with zero attached hydrogens (tertiary/aromatic N) is 1. The summed E-state index contributed by atoms with van der Waals surface area (Å²) in [7, 11) is 0. The van der Waals surface area contributed by atoms with Crippen LogP contribution in [0.5, 0.6) is 0 Å². The second kappa shape index (κ2) is 7.71. The summed E-state index contributed by atoms with van der Waals surface area (Å²) in [5.74, 6) is 0. The molecule has 1 N–H and O–H groups in total. The molecule has 0 bridgehead atoms. The maximum atomic E-state index is 13.4. The van der Waals surface area contributed by atoms with Crippen molar-refractivity contribution in [2.24, 2.45) is 0 Å². The van der Waals surface area contributed by atoms with Gasteiger partial charge in [0.1, 0.15) is 0 Å². The number of aromatic nitrogens is 1. The monoisotopic (exact) mass is 398 g/mol. The van der Waals surface area contributed by atoms with E-state index >= 15 is 0 Å². The molecule has 0 radical (unpaired) electrons. The predicted molar refractivity (Wildman–Crippen MR) is 110 cm³/mol. The third kappa shape index (κ3) is 4.10. The van der Waals surface area contributed by atoms with E-state index in [0.717, 1.165) is 31.4 Å². The molecule has 1 aliphatic carbocycles. The molecule has 29 heavy (non-hydrogen) atoms. The van der Waals surface area contributed by atoms with E-state index in [9.17, 15) is 13.2 Å². The second-order valence-corrected chi connectivity index (χ2v) is 7.90. The van der Waals surface area contributed by atoms with Crippen LogP contribution in [0.3, 0.4) is 0 Å². The molecule has 2 heterocycles. The number of halogens is 3. The second-order valence-electron chi connectivity index (χ2n) is 7.90. The number of aromatic amines is 1. The summed E-state index contributed by atoms with van der Waals surface area (Å²) in [6, 6.07) is 7.96. The fourth-order valence-electron chi connectivity index (χ4n) is 4.33. The Balaban J connectivity index is 1.58. The van der Waals surface area contributed by atoms with Crippen molar-refractivity contribution in [3.05, 3.63) is 87.8 Å². The van der Waals surface area contributed by atoms with Crippen LogP contribution >= 0.6 is 0 Å². The maximum Gasteiger partial charge on any atom is 0.416 e. The number of H-pyrrole nitrogens is 1. The smallest absolute Gasteiger partial charge is 0.364 e. The van der Waals surface area contributed by atoms with Gasteiger partial charge in [0.05, 0.1) is 5.56 Å². The highest BCUT2D eigenvalue weighted by atomic mass is 19.4. The van der Waals surface area contributed by atoms with Gasteiger partial charge in [-0.05, 0) is 77.8 Å². The topological polar surface area (TPSA) is 19.0 Å². The summed E-state index contributed by atoms with van der Waals surface area (Å²) in [5, 5.41) is 0. The van der Waals surface area contributed by atoms with Crippen LogP contribution in [0.2, 0.25) is 0 Å². The number of piperidine rings is 1. The average molecular weight is 398 g/mol. The number of fused-ring (bicyclic) bond motifs is 1. The number of hydrogen-bond donors (Lipinski definition) is 1. The van der Waals surface area contributed by atoms with Gasteiger partial charge in [0.15, 0.2) is 0 Å². The summed E-state index contributed by atoms with van der Waals surface area (Å²) < 4.78 is 40.1. The lowest BCUT2D eigenvalue weighted by Crippen LogP contribution is -2.33.